The van der Waals surface area contributed by atoms with Gasteiger partial charge in [-0.05, 0) is 33.6 Å². The monoisotopic (exact) mass is 260 g/mol. The van der Waals surface area contributed by atoms with Crippen LogP contribution in [0.3, 0.4) is 0 Å². The summed E-state index contributed by atoms with van der Waals surface area (Å²) in [5.74, 6) is 0. The highest BCUT2D eigenvalue weighted by Crippen LogP contribution is 2.41. The van der Waals surface area contributed by atoms with E-state index in [1.807, 2.05) is 33.6 Å². The van der Waals surface area contributed by atoms with Gasteiger partial charge in [0.1, 0.15) is 0 Å². The summed E-state index contributed by atoms with van der Waals surface area (Å²) < 4.78 is 11.1. The van der Waals surface area contributed by atoms with Crippen molar-refractivity contribution in [2.45, 2.75) is 13.0 Å². The predicted octanol–water partition coefficient (Wildman–Crippen LogP) is 2.72. The molecular formula is C7H18O2P2S2. The second-order valence-electron chi connectivity index (χ2n) is 3.72. The van der Waals surface area contributed by atoms with Crippen LogP contribution in [-0.2, 0) is 32.7 Å². The SMILES string of the molecule is CC(COP(C)(C)=S)OP(C)(C)=S. The fourth-order valence-corrected chi connectivity index (χ4v) is 2.87. The van der Waals surface area contributed by atoms with Gasteiger partial charge in [0.2, 0.25) is 0 Å². The summed E-state index contributed by atoms with van der Waals surface area (Å²) >= 11 is 10.3. The molecule has 13 heavy (non-hydrogen) atoms. The van der Waals surface area contributed by atoms with Crippen LogP contribution in [0.1, 0.15) is 6.92 Å². The molecule has 1 unspecified atom stereocenters. The van der Waals surface area contributed by atoms with Crippen molar-refractivity contribution in [1.29, 1.82) is 0 Å². The van der Waals surface area contributed by atoms with Crippen molar-refractivity contribution in [1.82, 2.24) is 0 Å². The summed E-state index contributed by atoms with van der Waals surface area (Å²) in [6, 6.07) is 0. The van der Waals surface area contributed by atoms with E-state index in [4.69, 9.17) is 32.7 Å². The smallest absolute Gasteiger partial charge is 0.0836 e. The molecule has 0 radical (unpaired) electrons. The Kier molecular flexibility index (Phi) is 5.85. The molecule has 6 heteroatoms. The maximum atomic E-state index is 5.61. The largest absolute Gasteiger partial charge is 0.349 e. The minimum atomic E-state index is -1.57. The average molecular weight is 260 g/mol. The average Bonchev–Trinajstić information content (AvgIpc) is 1.78. The van der Waals surface area contributed by atoms with Crippen molar-refractivity contribution in [3.8, 4) is 0 Å². The van der Waals surface area contributed by atoms with E-state index in [1.165, 1.54) is 0 Å². The molecule has 0 aromatic heterocycles. The lowest BCUT2D eigenvalue weighted by Crippen LogP contribution is -2.13. The molecule has 0 rings (SSSR count). The van der Waals surface area contributed by atoms with Gasteiger partial charge in [0.15, 0.2) is 0 Å². The summed E-state index contributed by atoms with van der Waals surface area (Å²) in [6.07, 6.45) is -3.07. The molecule has 0 N–H and O–H groups in total. The molecule has 0 aromatic rings. The Labute approximate surface area is 91.6 Å². The van der Waals surface area contributed by atoms with Crippen LogP contribution in [0.15, 0.2) is 0 Å². The van der Waals surface area contributed by atoms with E-state index < -0.39 is 12.5 Å². The highest BCUT2D eigenvalue weighted by molar-refractivity contribution is 8.11. The third-order valence-electron chi connectivity index (χ3n) is 1.05. The zero-order chi connectivity index (χ0) is 10.7. The first-order valence-electron chi connectivity index (χ1n) is 4.03. The van der Waals surface area contributed by atoms with Crippen LogP contribution in [0.25, 0.3) is 0 Å². The topological polar surface area (TPSA) is 18.5 Å². The van der Waals surface area contributed by atoms with Crippen LogP contribution in [-0.4, -0.2) is 39.4 Å². The van der Waals surface area contributed by atoms with E-state index in [1.54, 1.807) is 0 Å². The van der Waals surface area contributed by atoms with Gasteiger partial charge >= 0.3 is 0 Å². The van der Waals surface area contributed by atoms with Crippen LogP contribution in [0.2, 0.25) is 0 Å². The Morgan fingerprint density at radius 1 is 1.08 bits per heavy atom. The van der Waals surface area contributed by atoms with Crippen LogP contribution in [0, 0.1) is 0 Å². The Balaban J connectivity index is 3.84. The van der Waals surface area contributed by atoms with Gasteiger partial charge in [-0.1, -0.05) is 23.6 Å². The van der Waals surface area contributed by atoms with Crippen LogP contribution in [0.4, 0.5) is 0 Å². The first kappa shape index (κ1) is 14.2. The lowest BCUT2D eigenvalue weighted by atomic mass is 10.5. The van der Waals surface area contributed by atoms with E-state index in [9.17, 15) is 0 Å². The van der Waals surface area contributed by atoms with E-state index in [0.717, 1.165) is 0 Å². The second kappa shape index (κ2) is 5.34. The van der Waals surface area contributed by atoms with Crippen LogP contribution < -0.4 is 0 Å². The molecule has 0 amide bonds. The first-order valence-corrected chi connectivity index (χ1v) is 11.3. The minimum absolute atomic E-state index is 0.0584. The fourth-order valence-electron chi connectivity index (χ4n) is 0.748. The second-order valence-corrected chi connectivity index (χ2v) is 14.5. The van der Waals surface area contributed by atoms with Crippen LogP contribution >= 0.6 is 12.5 Å². The summed E-state index contributed by atoms with van der Waals surface area (Å²) in [7, 11) is 0. The molecular weight excluding hydrogens is 242 g/mol. The van der Waals surface area contributed by atoms with Crippen molar-refractivity contribution >= 4 is 36.1 Å². The predicted molar refractivity (Wildman–Crippen MR) is 68.8 cm³/mol. The third kappa shape index (κ3) is 11.1. The lowest BCUT2D eigenvalue weighted by molar-refractivity contribution is 0.168. The molecule has 0 bridgehead atoms. The summed E-state index contributed by atoms with van der Waals surface area (Å²) in [5.41, 5.74) is 0. The van der Waals surface area contributed by atoms with Crippen molar-refractivity contribution in [3.05, 3.63) is 0 Å². The van der Waals surface area contributed by atoms with Gasteiger partial charge in [0.05, 0.1) is 25.2 Å². The number of hydrogen-bond acceptors (Lipinski definition) is 4. The number of rotatable bonds is 5. The summed E-state index contributed by atoms with van der Waals surface area (Å²) in [4.78, 5) is 0. The van der Waals surface area contributed by atoms with E-state index >= 15 is 0 Å². The Bertz CT molecular complexity index is 243. The van der Waals surface area contributed by atoms with Crippen molar-refractivity contribution < 1.29 is 9.05 Å². The van der Waals surface area contributed by atoms with Gasteiger partial charge in [0.25, 0.3) is 0 Å². The Hall–Kier alpha value is 1.22. The van der Waals surface area contributed by atoms with Gasteiger partial charge in [-0.25, -0.2) is 0 Å². The van der Waals surface area contributed by atoms with Gasteiger partial charge in [-0.3, -0.25) is 0 Å². The fraction of sp³-hybridized carbons (Fsp3) is 1.00. The molecule has 80 valence electrons. The molecule has 0 saturated heterocycles. The maximum Gasteiger partial charge on any atom is 0.0836 e. The van der Waals surface area contributed by atoms with Crippen molar-refractivity contribution in [3.63, 3.8) is 0 Å². The third-order valence-corrected chi connectivity index (χ3v) is 3.27. The summed E-state index contributed by atoms with van der Waals surface area (Å²) in [5, 5.41) is 0. The van der Waals surface area contributed by atoms with Gasteiger partial charge in [-0.2, -0.15) is 0 Å². The molecule has 0 aromatic carbocycles. The standard InChI is InChI=1S/C7H18O2P2S2/c1-7(9-11(4,5)13)6-8-10(2,3)12/h7H,6H2,1-5H3. The highest BCUT2D eigenvalue weighted by atomic mass is 32.4. The van der Waals surface area contributed by atoms with E-state index in [-0.39, 0.29) is 6.10 Å². The molecule has 0 aliphatic carbocycles. The van der Waals surface area contributed by atoms with Crippen molar-refractivity contribution in [2.24, 2.45) is 0 Å². The van der Waals surface area contributed by atoms with Crippen LogP contribution in [0.5, 0.6) is 0 Å². The van der Waals surface area contributed by atoms with E-state index in [0.29, 0.717) is 6.61 Å². The molecule has 0 spiro atoms. The first-order chi connectivity index (χ1) is 5.60. The zero-order valence-electron chi connectivity index (χ0n) is 8.81. The van der Waals surface area contributed by atoms with Gasteiger partial charge in [-0.15, -0.1) is 0 Å². The molecule has 0 saturated carbocycles. The van der Waals surface area contributed by atoms with E-state index in [2.05, 4.69) is 0 Å². The molecule has 0 aliphatic heterocycles. The Morgan fingerprint density at radius 2 is 1.54 bits per heavy atom. The zero-order valence-corrected chi connectivity index (χ0v) is 12.2. The molecule has 0 fully saturated rings. The molecule has 1 atom stereocenters. The quantitative estimate of drug-likeness (QED) is 0.707. The lowest BCUT2D eigenvalue weighted by Gasteiger charge is -2.21. The van der Waals surface area contributed by atoms with Crippen molar-refractivity contribution in [2.75, 3.05) is 33.3 Å². The Morgan fingerprint density at radius 3 is 1.85 bits per heavy atom. The maximum absolute atomic E-state index is 5.61. The molecule has 2 nitrogen and oxygen atoms in total. The minimum Gasteiger partial charge on any atom is -0.349 e. The molecule has 0 heterocycles. The van der Waals surface area contributed by atoms with Gasteiger partial charge in [0, 0.05) is 0 Å². The highest BCUT2D eigenvalue weighted by Gasteiger charge is 2.11. The van der Waals surface area contributed by atoms with Gasteiger partial charge < -0.3 is 9.05 Å². The molecule has 0 aliphatic rings. The summed E-state index contributed by atoms with van der Waals surface area (Å²) in [6.45, 7) is 10.4. The number of hydrogen-bond donors (Lipinski definition) is 0. The normalized spacial score (nSPS) is 15.8.